The third-order valence-electron chi connectivity index (χ3n) is 1.40. The van der Waals surface area contributed by atoms with Crippen molar-refractivity contribution >= 4 is 17.5 Å². The minimum atomic E-state index is -0.120. The van der Waals surface area contributed by atoms with Crippen LogP contribution in [0.5, 0.6) is 0 Å². The third kappa shape index (κ3) is 5.04. The molecule has 0 saturated heterocycles. The summed E-state index contributed by atoms with van der Waals surface area (Å²) in [6.45, 7) is 1.90. The number of aliphatic hydroxyl groups excluding tert-OH is 1. The molecule has 0 aliphatic heterocycles. The maximum Gasteiger partial charge on any atom is 0.221 e. The van der Waals surface area contributed by atoms with Crippen molar-refractivity contribution in [2.75, 3.05) is 12.5 Å². The van der Waals surface area contributed by atoms with Gasteiger partial charge >= 0.3 is 0 Å². The number of aliphatic hydroxyl groups is 1. The van der Waals surface area contributed by atoms with E-state index in [0.717, 1.165) is 6.42 Å². The van der Waals surface area contributed by atoms with Gasteiger partial charge in [0.1, 0.15) is 0 Å². The first-order valence-corrected chi connectivity index (χ1v) is 4.24. The maximum atomic E-state index is 10.9. The molecule has 1 amide bonds. The highest BCUT2D eigenvalue weighted by Gasteiger charge is 2.07. The largest absolute Gasteiger partial charge is 0.394 e. The lowest BCUT2D eigenvalue weighted by atomic mass is 10.2. The zero-order chi connectivity index (χ0) is 8.69. The monoisotopic (exact) mass is 179 g/mol. The van der Waals surface area contributed by atoms with Crippen LogP contribution < -0.4 is 5.32 Å². The maximum absolute atomic E-state index is 10.9. The Morgan fingerprint density at radius 2 is 2.36 bits per heavy atom. The summed E-state index contributed by atoms with van der Waals surface area (Å²) in [5, 5.41) is 11.3. The van der Waals surface area contributed by atoms with E-state index in [1.807, 2.05) is 6.92 Å². The van der Waals surface area contributed by atoms with Gasteiger partial charge in [-0.1, -0.05) is 6.92 Å². The highest BCUT2D eigenvalue weighted by atomic mass is 35.5. The summed E-state index contributed by atoms with van der Waals surface area (Å²) in [7, 11) is 0. The molecular formula is C7H14ClNO2. The average Bonchev–Trinajstić information content (AvgIpc) is 2.01. The van der Waals surface area contributed by atoms with E-state index in [4.69, 9.17) is 16.7 Å². The Morgan fingerprint density at radius 1 is 1.73 bits per heavy atom. The van der Waals surface area contributed by atoms with E-state index >= 15 is 0 Å². The predicted octanol–water partition coefficient (Wildman–Crippen LogP) is 0.502. The molecule has 0 aromatic rings. The fourth-order valence-electron chi connectivity index (χ4n) is 0.662. The van der Waals surface area contributed by atoms with Crippen LogP contribution in [0.2, 0.25) is 0 Å². The molecule has 4 heteroatoms. The quantitative estimate of drug-likeness (QED) is 0.604. The number of hydrogen-bond acceptors (Lipinski definition) is 2. The molecule has 0 unspecified atom stereocenters. The van der Waals surface area contributed by atoms with E-state index in [9.17, 15) is 4.79 Å². The molecule has 0 aromatic carbocycles. The molecule has 0 heterocycles. The summed E-state index contributed by atoms with van der Waals surface area (Å²) in [6, 6.07) is -0.120. The van der Waals surface area contributed by atoms with Gasteiger partial charge in [-0.2, -0.15) is 0 Å². The fraction of sp³-hybridized carbons (Fsp3) is 0.857. The van der Waals surface area contributed by atoms with Gasteiger partial charge in [0.2, 0.25) is 5.91 Å². The van der Waals surface area contributed by atoms with E-state index in [1.54, 1.807) is 0 Å². The Bertz CT molecular complexity index is 115. The summed E-state index contributed by atoms with van der Waals surface area (Å²) < 4.78 is 0. The van der Waals surface area contributed by atoms with Gasteiger partial charge in [0.25, 0.3) is 0 Å². The Morgan fingerprint density at radius 3 is 2.73 bits per heavy atom. The van der Waals surface area contributed by atoms with Gasteiger partial charge in [0.05, 0.1) is 12.6 Å². The smallest absolute Gasteiger partial charge is 0.221 e. The first kappa shape index (κ1) is 10.7. The van der Waals surface area contributed by atoms with Crippen LogP contribution >= 0.6 is 11.6 Å². The molecule has 3 nitrogen and oxygen atoms in total. The number of hydrogen-bond donors (Lipinski definition) is 2. The first-order chi connectivity index (χ1) is 5.24. The van der Waals surface area contributed by atoms with Gasteiger partial charge in [-0.25, -0.2) is 0 Å². The molecule has 1 atom stereocenters. The highest BCUT2D eigenvalue weighted by Crippen LogP contribution is 1.91. The van der Waals surface area contributed by atoms with Crippen molar-refractivity contribution in [1.29, 1.82) is 0 Å². The topological polar surface area (TPSA) is 49.3 Å². The summed E-state index contributed by atoms with van der Waals surface area (Å²) in [5.74, 6) is 0.231. The van der Waals surface area contributed by atoms with E-state index in [2.05, 4.69) is 5.32 Å². The van der Waals surface area contributed by atoms with Crippen molar-refractivity contribution in [2.24, 2.45) is 0 Å². The van der Waals surface area contributed by atoms with Crippen molar-refractivity contribution < 1.29 is 9.90 Å². The molecule has 0 aliphatic rings. The number of nitrogens with one attached hydrogen (secondary N) is 1. The normalized spacial score (nSPS) is 12.6. The lowest BCUT2D eigenvalue weighted by molar-refractivity contribution is -0.121. The standard InChI is InChI=1S/C7H14ClNO2/c1-2-6(5-10)9-7(11)3-4-8/h6,10H,2-5H2,1H3,(H,9,11)/t6-/m0/s1. The number of carbonyl (C=O) groups excluding carboxylic acids is 1. The molecule has 0 radical (unpaired) electrons. The number of halogens is 1. The minimum Gasteiger partial charge on any atom is -0.394 e. The van der Waals surface area contributed by atoms with Crippen LogP contribution in [0, 0.1) is 0 Å². The van der Waals surface area contributed by atoms with E-state index in [1.165, 1.54) is 0 Å². The Labute approximate surface area is 71.7 Å². The van der Waals surface area contributed by atoms with Crippen molar-refractivity contribution in [3.63, 3.8) is 0 Å². The van der Waals surface area contributed by atoms with Crippen LogP contribution in [0.3, 0.4) is 0 Å². The summed E-state index contributed by atoms with van der Waals surface area (Å²) in [5.41, 5.74) is 0. The van der Waals surface area contributed by atoms with Gasteiger partial charge in [-0.15, -0.1) is 11.6 Å². The summed E-state index contributed by atoms with van der Waals surface area (Å²) in [6.07, 6.45) is 1.06. The summed E-state index contributed by atoms with van der Waals surface area (Å²) in [4.78, 5) is 10.9. The molecule has 0 aromatic heterocycles. The van der Waals surface area contributed by atoms with Gasteiger partial charge in [-0.05, 0) is 6.42 Å². The molecule has 0 spiro atoms. The van der Waals surface area contributed by atoms with Crippen molar-refractivity contribution in [2.45, 2.75) is 25.8 Å². The van der Waals surface area contributed by atoms with Crippen LogP contribution in [0.25, 0.3) is 0 Å². The molecule has 0 rings (SSSR count). The van der Waals surface area contributed by atoms with E-state index < -0.39 is 0 Å². The summed E-state index contributed by atoms with van der Waals surface area (Å²) >= 11 is 5.34. The predicted molar refractivity (Wildman–Crippen MR) is 44.6 cm³/mol. The second kappa shape index (κ2) is 6.43. The average molecular weight is 180 g/mol. The molecule has 0 fully saturated rings. The van der Waals surface area contributed by atoms with Gasteiger partial charge in [-0.3, -0.25) is 4.79 Å². The number of carbonyl (C=O) groups is 1. The minimum absolute atomic E-state index is 0.00940. The lowest BCUT2D eigenvalue weighted by Gasteiger charge is -2.12. The zero-order valence-electron chi connectivity index (χ0n) is 6.64. The molecule has 2 N–H and O–H groups in total. The zero-order valence-corrected chi connectivity index (χ0v) is 7.40. The van der Waals surface area contributed by atoms with Crippen LogP contribution in [0.4, 0.5) is 0 Å². The van der Waals surface area contributed by atoms with Crippen LogP contribution in [-0.4, -0.2) is 29.5 Å². The van der Waals surface area contributed by atoms with E-state index in [0.29, 0.717) is 12.3 Å². The van der Waals surface area contributed by atoms with Crippen LogP contribution in [-0.2, 0) is 4.79 Å². The highest BCUT2D eigenvalue weighted by molar-refractivity contribution is 6.18. The van der Waals surface area contributed by atoms with Crippen LogP contribution in [0.15, 0.2) is 0 Å². The van der Waals surface area contributed by atoms with Gasteiger partial charge in [0.15, 0.2) is 0 Å². The number of rotatable bonds is 5. The van der Waals surface area contributed by atoms with Crippen molar-refractivity contribution in [3.8, 4) is 0 Å². The SMILES string of the molecule is CC[C@@H](CO)NC(=O)CCCl. The van der Waals surface area contributed by atoms with Gasteiger partial charge in [0, 0.05) is 12.3 Å². The number of amides is 1. The first-order valence-electron chi connectivity index (χ1n) is 3.70. The van der Waals surface area contributed by atoms with E-state index in [-0.39, 0.29) is 18.6 Å². The fourth-order valence-corrected chi connectivity index (χ4v) is 0.834. The van der Waals surface area contributed by atoms with Crippen molar-refractivity contribution in [3.05, 3.63) is 0 Å². The molecule has 0 bridgehead atoms. The number of alkyl halides is 1. The molecular weight excluding hydrogens is 166 g/mol. The second-order valence-electron chi connectivity index (χ2n) is 2.29. The Balaban J connectivity index is 3.54. The Kier molecular flexibility index (Phi) is 6.27. The van der Waals surface area contributed by atoms with Crippen LogP contribution in [0.1, 0.15) is 19.8 Å². The molecule has 0 saturated carbocycles. The Hall–Kier alpha value is -0.280. The molecule has 11 heavy (non-hydrogen) atoms. The van der Waals surface area contributed by atoms with Crippen molar-refractivity contribution in [1.82, 2.24) is 5.32 Å². The molecule has 0 aliphatic carbocycles. The lowest BCUT2D eigenvalue weighted by Crippen LogP contribution is -2.36. The second-order valence-corrected chi connectivity index (χ2v) is 2.67. The molecule has 66 valence electrons. The van der Waals surface area contributed by atoms with Gasteiger partial charge < -0.3 is 10.4 Å². The third-order valence-corrected chi connectivity index (χ3v) is 1.59.